The molecule has 1 aromatic rings. The predicted molar refractivity (Wildman–Crippen MR) is 90.0 cm³/mol. The lowest BCUT2D eigenvalue weighted by Gasteiger charge is -2.28. The summed E-state index contributed by atoms with van der Waals surface area (Å²) in [6.07, 6.45) is 3.80. The molecule has 0 radical (unpaired) electrons. The van der Waals surface area contributed by atoms with Gasteiger partial charge in [-0.05, 0) is 69.2 Å². The number of rotatable bonds is 6. The maximum Gasteiger partial charge on any atom is 0.0757 e. The van der Waals surface area contributed by atoms with E-state index in [1.54, 1.807) is 0 Å². The van der Waals surface area contributed by atoms with Crippen molar-refractivity contribution in [2.75, 3.05) is 13.2 Å². The number of aryl methyl sites for hydroxylation is 3. The van der Waals surface area contributed by atoms with Crippen LogP contribution in [-0.4, -0.2) is 25.3 Å². The van der Waals surface area contributed by atoms with Crippen molar-refractivity contribution in [2.45, 2.75) is 66.0 Å². The molecule has 2 nitrogen and oxygen atoms in total. The third kappa shape index (κ3) is 4.08. The van der Waals surface area contributed by atoms with Crippen molar-refractivity contribution >= 4 is 0 Å². The molecule has 0 bridgehead atoms. The minimum atomic E-state index is 0.358. The molecule has 1 heterocycles. The fraction of sp³-hybridized carbons (Fsp3) is 0.684. The minimum absolute atomic E-state index is 0.358. The highest BCUT2D eigenvalue weighted by atomic mass is 16.5. The Balaban J connectivity index is 2.18. The number of nitrogens with one attached hydrogen (secondary N) is 1. The summed E-state index contributed by atoms with van der Waals surface area (Å²) in [6, 6.07) is 5.04. The molecule has 0 saturated carbocycles. The van der Waals surface area contributed by atoms with Crippen LogP contribution in [0.5, 0.6) is 0 Å². The van der Waals surface area contributed by atoms with Crippen molar-refractivity contribution in [1.29, 1.82) is 0 Å². The van der Waals surface area contributed by atoms with Gasteiger partial charge in [0, 0.05) is 12.6 Å². The zero-order chi connectivity index (χ0) is 15.4. The monoisotopic (exact) mass is 289 g/mol. The van der Waals surface area contributed by atoms with Crippen LogP contribution < -0.4 is 5.32 Å². The highest BCUT2D eigenvalue weighted by molar-refractivity contribution is 5.38. The van der Waals surface area contributed by atoms with Gasteiger partial charge in [0.2, 0.25) is 0 Å². The molecular weight excluding hydrogens is 258 g/mol. The van der Waals surface area contributed by atoms with Gasteiger partial charge in [-0.1, -0.05) is 31.5 Å². The summed E-state index contributed by atoms with van der Waals surface area (Å²) in [5, 5.41) is 3.73. The molecule has 0 aliphatic carbocycles. The van der Waals surface area contributed by atoms with Crippen molar-refractivity contribution in [3.63, 3.8) is 0 Å². The lowest BCUT2D eigenvalue weighted by Crippen LogP contribution is -2.44. The van der Waals surface area contributed by atoms with Crippen LogP contribution in [0.25, 0.3) is 0 Å². The van der Waals surface area contributed by atoms with E-state index in [4.69, 9.17) is 4.74 Å². The average Bonchev–Trinajstić information content (AvgIpc) is 2.83. The summed E-state index contributed by atoms with van der Waals surface area (Å²) < 4.78 is 6.04. The topological polar surface area (TPSA) is 21.3 Å². The molecule has 1 aliphatic rings. The van der Waals surface area contributed by atoms with Gasteiger partial charge in [-0.3, -0.25) is 0 Å². The van der Waals surface area contributed by atoms with Crippen molar-refractivity contribution in [2.24, 2.45) is 5.92 Å². The molecule has 1 aromatic carbocycles. The van der Waals surface area contributed by atoms with Crippen LogP contribution in [0.2, 0.25) is 0 Å². The molecule has 2 heteroatoms. The summed E-state index contributed by atoms with van der Waals surface area (Å²) in [5.74, 6) is 0.658. The van der Waals surface area contributed by atoms with E-state index in [1.807, 2.05) is 0 Å². The summed E-state index contributed by atoms with van der Waals surface area (Å²) >= 11 is 0. The molecule has 3 unspecified atom stereocenters. The summed E-state index contributed by atoms with van der Waals surface area (Å²) in [5.41, 5.74) is 5.69. The van der Waals surface area contributed by atoms with Gasteiger partial charge in [-0.25, -0.2) is 0 Å². The minimum Gasteiger partial charge on any atom is -0.376 e. The van der Waals surface area contributed by atoms with Crippen molar-refractivity contribution in [3.05, 3.63) is 34.4 Å². The Morgan fingerprint density at radius 1 is 1.24 bits per heavy atom. The van der Waals surface area contributed by atoms with E-state index in [9.17, 15) is 0 Å². The third-order valence-electron chi connectivity index (χ3n) is 4.76. The largest absolute Gasteiger partial charge is 0.376 e. The molecule has 1 saturated heterocycles. The van der Waals surface area contributed by atoms with Crippen LogP contribution in [0.1, 0.15) is 48.9 Å². The number of benzene rings is 1. The van der Waals surface area contributed by atoms with Gasteiger partial charge in [0.25, 0.3) is 0 Å². The highest BCUT2D eigenvalue weighted by Crippen LogP contribution is 2.27. The molecule has 2 rings (SSSR count). The highest BCUT2D eigenvalue weighted by Gasteiger charge is 2.32. The molecule has 0 amide bonds. The summed E-state index contributed by atoms with van der Waals surface area (Å²) in [7, 11) is 0. The Kier molecular flexibility index (Phi) is 5.83. The molecule has 1 aliphatic heterocycles. The van der Waals surface area contributed by atoms with Crippen molar-refractivity contribution in [1.82, 2.24) is 5.32 Å². The standard InChI is InChI=1S/C19H31NO/c1-6-8-20-18(19-14(3)7-9-21-19)12-17-15(4)10-13(2)11-16(17)5/h10-11,14,18-20H,6-9,12H2,1-5H3. The fourth-order valence-corrected chi connectivity index (χ4v) is 3.62. The van der Waals surface area contributed by atoms with E-state index in [1.165, 1.54) is 35.1 Å². The maximum atomic E-state index is 6.04. The maximum absolute atomic E-state index is 6.04. The van der Waals surface area contributed by atoms with Crippen LogP contribution in [0.3, 0.4) is 0 Å². The molecule has 0 spiro atoms. The van der Waals surface area contributed by atoms with Gasteiger partial charge in [0.1, 0.15) is 0 Å². The Bertz CT molecular complexity index is 446. The second-order valence-electron chi connectivity index (χ2n) is 6.74. The Morgan fingerprint density at radius 3 is 2.43 bits per heavy atom. The first kappa shape index (κ1) is 16.5. The van der Waals surface area contributed by atoms with Crippen LogP contribution in [0.4, 0.5) is 0 Å². The average molecular weight is 289 g/mol. The van der Waals surface area contributed by atoms with E-state index in [-0.39, 0.29) is 0 Å². The van der Waals surface area contributed by atoms with E-state index in [0.29, 0.717) is 18.1 Å². The molecule has 0 aromatic heterocycles. The SMILES string of the molecule is CCCNC(Cc1c(C)cc(C)cc1C)C1OCCC1C. The quantitative estimate of drug-likeness (QED) is 0.856. The number of ether oxygens (including phenoxy) is 1. The Hall–Kier alpha value is -0.860. The van der Waals surface area contributed by atoms with E-state index in [2.05, 4.69) is 52.1 Å². The number of hydrogen-bond donors (Lipinski definition) is 1. The zero-order valence-electron chi connectivity index (χ0n) is 14.3. The predicted octanol–water partition coefficient (Wildman–Crippen LogP) is 3.95. The molecular formula is C19H31NO. The normalized spacial score (nSPS) is 23.5. The lowest BCUT2D eigenvalue weighted by molar-refractivity contribution is 0.0609. The summed E-state index contributed by atoms with van der Waals surface area (Å²) in [6.45, 7) is 13.2. The van der Waals surface area contributed by atoms with Gasteiger partial charge in [-0.15, -0.1) is 0 Å². The van der Waals surface area contributed by atoms with Crippen LogP contribution in [-0.2, 0) is 11.2 Å². The van der Waals surface area contributed by atoms with Gasteiger partial charge in [0.05, 0.1) is 6.10 Å². The lowest BCUT2D eigenvalue weighted by atomic mass is 9.89. The third-order valence-corrected chi connectivity index (χ3v) is 4.76. The van der Waals surface area contributed by atoms with Crippen LogP contribution in [0.15, 0.2) is 12.1 Å². The second kappa shape index (κ2) is 7.42. The van der Waals surface area contributed by atoms with Crippen LogP contribution >= 0.6 is 0 Å². The van der Waals surface area contributed by atoms with Gasteiger partial charge >= 0.3 is 0 Å². The molecule has 21 heavy (non-hydrogen) atoms. The smallest absolute Gasteiger partial charge is 0.0757 e. The molecule has 1 N–H and O–H groups in total. The first-order valence-corrected chi connectivity index (χ1v) is 8.44. The Labute approximate surface area is 130 Å². The van der Waals surface area contributed by atoms with Gasteiger partial charge in [-0.2, -0.15) is 0 Å². The zero-order valence-corrected chi connectivity index (χ0v) is 14.3. The number of hydrogen-bond acceptors (Lipinski definition) is 2. The fourth-order valence-electron chi connectivity index (χ4n) is 3.62. The first-order chi connectivity index (χ1) is 10.0. The molecule has 1 fully saturated rings. The molecule has 3 atom stereocenters. The van der Waals surface area contributed by atoms with Crippen molar-refractivity contribution in [3.8, 4) is 0 Å². The Morgan fingerprint density at radius 2 is 1.90 bits per heavy atom. The molecule has 118 valence electrons. The first-order valence-electron chi connectivity index (χ1n) is 8.44. The second-order valence-corrected chi connectivity index (χ2v) is 6.74. The van der Waals surface area contributed by atoms with E-state index < -0.39 is 0 Å². The van der Waals surface area contributed by atoms with Crippen molar-refractivity contribution < 1.29 is 4.74 Å². The van der Waals surface area contributed by atoms with Crippen LogP contribution in [0, 0.1) is 26.7 Å². The van der Waals surface area contributed by atoms with E-state index >= 15 is 0 Å². The van der Waals surface area contributed by atoms with Gasteiger partial charge in [0.15, 0.2) is 0 Å². The van der Waals surface area contributed by atoms with Gasteiger partial charge < -0.3 is 10.1 Å². The summed E-state index contributed by atoms with van der Waals surface area (Å²) in [4.78, 5) is 0. The van der Waals surface area contributed by atoms with E-state index in [0.717, 1.165) is 19.6 Å².